The summed E-state index contributed by atoms with van der Waals surface area (Å²) in [5, 5.41) is 5.51. The summed E-state index contributed by atoms with van der Waals surface area (Å²) < 4.78 is 3.09. The standard InChI is InChI=1S/C21H20N4O3/c26-19-7-3-6-18-16-8-14(11-24(18)19)10-23(12-16)20(27)13-25-21(28)17-5-2-1-4-15(17)9-22-25/h1-7,9,14,16H,8,10-13H2/t14-,16-/m0/s1. The number of hydrogen-bond donors (Lipinski definition) is 0. The van der Waals surface area contributed by atoms with E-state index in [2.05, 4.69) is 5.10 Å². The zero-order valence-corrected chi connectivity index (χ0v) is 15.3. The third kappa shape index (κ3) is 2.74. The monoisotopic (exact) mass is 376 g/mol. The molecule has 1 saturated heterocycles. The molecule has 142 valence electrons. The van der Waals surface area contributed by atoms with E-state index in [-0.39, 0.29) is 35.4 Å². The molecule has 0 N–H and O–H groups in total. The summed E-state index contributed by atoms with van der Waals surface area (Å²) in [4.78, 5) is 39.5. The Labute approximate surface area is 160 Å². The Balaban J connectivity index is 1.40. The van der Waals surface area contributed by atoms with Crippen molar-refractivity contribution in [3.05, 3.63) is 75.1 Å². The van der Waals surface area contributed by atoms with Gasteiger partial charge in [-0.25, -0.2) is 4.68 Å². The Morgan fingerprint density at radius 2 is 1.89 bits per heavy atom. The van der Waals surface area contributed by atoms with E-state index in [0.29, 0.717) is 25.0 Å². The highest BCUT2D eigenvalue weighted by Gasteiger charge is 2.36. The second-order valence-corrected chi connectivity index (χ2v) is 7.69. The van der Waals surface area contributed by atoms with Crippen molar-refractivity contribution in [1.82, 2.24) is 19.2 Å². The van der Waals surface area contributed by atoms with Crippen LogP contribution in [0, 0.1) is 5.92 Å². The van der Waals surface area contributed by atoms with Gasteiger partial charge in [-0.1, -0.05) is 24.3 Å². The molecule has 3 aromatic rings. The van der Waals surface area contributed by atoms with Gasteiger partial charge in [-0.2, -0.15) is 5.10 Å². The fraction of sp³-hybridized carbons (Fsp3) is 0.333. The van der Waals surface area contributed by atoms with Gasteiger partial charge in [-0.05, 0) is 24.5 Å². The number of hydrogen-bond acceptors (Lipinski definition) is 4. The summed E-state index contributed by atoms with van der Waals surface area (Å²) in [6.45, 7) is 1.76. The van der Waals surface area contributed by atoms with Crippen molar-refractivity contribution < 1.29 is 4.79 Å². The molecule has 0 unspecified atom stereocenters. The highest BCUT2D eigenvalue weighted by molar-refractivity contribution is 5.81. The summed E-state index contributed by atoms with van der Waals surface area (Å²) >= 11 is 0. The molecule has 1 amide bonds. The predicted molar refractivity (Wildman–Crippen MR) is 104 cm³/mol. The van der Waals surface area contributed by atoms with Crippen LogP contribution in [0.1, 0.15) is 18.0 Å². The molecular formula is C21H20N4O3. The lowest BCUT2D eigenvalue weighted by Gasteiger charge is -2.42. The van der Waals surface area contributed by atoms with Gasteiger partial charge in [0, 0.05) is 42.7 Å². The quantitative estimate of drug-likeness (QED) is 0.674. The molecule has 2 aromatic heterocycles. The van der Waals surface area contributed by atoms with Gasteiger partial charge in [0.15, 0.2) is 0 Å². The number of fused-ring (bicyclic) bond motifs is 5. The van der Waals surface area contributed by atoms with Crippen molar-refractivity contribution >= 4 is 16.7 Å². The molecule has 0 aliphatic carbocycles. The summed E-state index contributed by atoms with van der Waals surface area (Å²) in [5.74, 6) is 0.314. The van der Waals surface area contributed by atoms with Crippen LogP contribution < -0.4 is 11.1 Å². The first-order valence-corrected chi connectivity index (χ1v) is 9.52. The van der Waals surface area contributed by atoms with Crippen molar-refractivity contribution in [2.75, 3.05) is 13.1 Å². The third-order valence-corrected chi connectivity index (χ3v) is 5.88. The number of pyridine rings is 1. The highest BCUT2D eigenvalue weighted by atomic mass is 16.2. The van der Waals surface area contributed by atoms with Crippen LogP contribution in [0.2, 0.25) is 0 Å². The second kappa shape index (κ2) is 6.44. The van der Waals surface area contributed by atoms with Crippen LogP contribution >= 0.6 is 0 Å². The second-order valence-electron chi connectivity index (χ2n) is 7.69. The Kier molecular flexibility index (Phi) is 3.89. The van der Waals surface area contributed by atoms with Gasteiger partial charge in [0.25, 0.3) is 11.1 Å². The zero-order chi connectivity index (χ0) is 19.3. The SMILES string of the molecule is O=C(Cn1ncc2ccccc2c1=O)N1C[C@@H]2C[C@@H](C1)c1cccc(=O)n1C2. The molecule has 5 rings (SSSR count). The van der Waals surface area contributed by atoms with Gasteiger partial charge in [-0.3, -0.25) is 14.4 Å². The maximum Gasteiger partial charge on any atom is 0.275 e. The zero-order valence-electron chi connectivity index (χ0n) is 15.3. The lowest BCUT2D eigenvalue weighted by molar-refractivity contribution is -0.134. The van der Waals surface area contributed by atoms with Crippen molar-refractivity contribution in [3.63, 3.8) is 0 Å². The number of carbonyl (C=O) groups is 1. The van der Waals surface area contributed by atoms with Crippen LogP contribution in [0.3, 0.4) is 0 Å². The minimum Gasteiger partial charge on any atom is -0.340 e. The summed E-state index contributed by atoms with van der Waals surface area (Å²) in [5.41, 5.74) is 0.779. The van der Waals surface area contributed by atoms with Crippen LogP contribution in [0.15, 0.2) is 58.3 Å². The number of nitrogens with zero attached hydrogens (tertiary/aromatic N) is 4. The van der Waals surface area contributed by atoms with E-state index in [9.17, 15) is 14.4 Å². The molecule has 0 spiro atoms. The minimum atomic E-state index is -0.249. The Bertz CT molecular complexity index is 1200. The molecule has 2 aliphatic heterocycles. The van der Waals surface area contributed by atoms with Crippen LogP contribution in [0.4, 0.5) is 0 Å². The van der Waals surface area contributed by atoms with E-state index in [1.165, 1.54) is 4.68 Å². The molecule has 28 heavy (non-hydrogen) atoms. The minimum absolute atomic E-state index is 0.0268. The van der Waals surface area contributed by atoms with Gasteiger partial charge < -0.3 is 9.47 Å². The normalized spacial score (nSPS) is 20.8. The Hall–Kier alpha value is -3.22. The maximum atomic E-state index is 12.9. The molecule has 2 atom stereocenters. The lowest BCUT2D eigenvalue weighted by Crippen LogP contribution is -2.50. The number of piperidine rings is 1. The molecule has 7 nitrogen and oxygen atoms in total. The molecule has 1 fully saturated rings. The summed E-state index contributed by atoms with van der Waals surface area (Å²) in [6, 6.07) is 12.6. The molecule has 0 saturated carbocycles. The number of aromatic nitrogens is 3. The van der Waals surface area contributed by atoms with Crippen LogP contribution in [0.5, 0.6) is 0 Å². The Morgan fingerprint density at radius 1 is 1.04 bits per heavy atom. The molecule has 0 radical (unpaired) electrons. The summed E-state index contributed by atoms with van der Waals surface area (Å²) in [6.07, 6.45) is 2.61. The first-order valence-electron chi connectivity index (χ1n) is 9.52. The van der Waals surface area contributed by atoms with Gasteiger partial charge in [0.1, 0.15) is 6.54 Å². The van der Waals surface area contributed by atoms with Gasteiger partial charge in [-0.15, -0.1) is 0 Å². The number of benzene rings is 1. The van der Waals surface area contributed by atoms with Gasteiger partial charge in [0.2, 0.25) is 5.91 Å². The third-order valence-electron chi connectivity index (χ3n) is 5.88. The predicted octanol–water partition coefficient (Wildman–Crippen LogP) is 1.20. The average molecular weight is 376 g/mol. The number of rotatable bonds is 2. The largest absolute Gasteiger partial charge is 0.340 e. The van der Waals surface area contributed by atoms with E-state index in [0.717, 1.165) is 17.5 Å². The van der Waals surface area contributed by atoms with E-state index in [1.54, 1.807) is 30.5 Å². The first-order chi connectivity index (χ1) is 13.6. The number of amides is 1. The van der Waals surface area contributed by atoms with Gasteiger partial charge in [0.05, 0.1) is 11.6 Å². The topological polar surface area (TPSA) is 77.2 Å². The fourth-order valence-corrected chi connectivity index (χ4v) is 4.57. The van der Waals surface area contributed by atoms with Crippen LogP contribution in [-0.2, 0) is 17.9 Å². The molecule has 1 aromatic carbocycles. The number of carbonyl (C=O) groups excluding carboxylic acids is 1. The smallest absolute Gasteiger partial charge is 0.275 e. The van der Waals surface area contributed by atoms with E-state index < -0.39 is 0 Å². The molecule has 2 aliphatic rings. The lowest BCUT2D eigenvalue weighted by atomic mass is 9.83. The Morgan fingerprint density at radius 3 is 2.79 bits per heavy atom. The van der Waals surface area contributed by atoms with Crippen molar-refractivity contribution in [1.29, 1.82) is 0 Å². The first kappa shape index (κ1) is 16.9. The molecular weight excluding hydrogens is 356 g/mol. The molecule has 4 heterocycles. The van der Waals surface area contributed by atoms with E-state index in [1.807, 2.05) is 27.7 Å². The van der Waals surface area contributed by atoms with Crippen LogP contribution in [0.25, 0.3) is 10.8 Å². The van der Waals surface area contributed by atoms with E-state index in [4.69, 9.17) is 0 Å². The maximum absolute atomic E-state index is 12.9. The van der Waals surface area contributed by atoms with E-state index >= 15 is 0 Å². The van der Waals surface area contributed by atoms with Crippen LogP contribution in [-0.4, -0.2) is 38.2 Å². The fourth-order valence-electron chi connectivity index (χ4n) is 4.57. The molecule has 2 bridgehead atoms. The molecule has 7 heteroatoms. The highest BCUT2D eigenvalue weighted by Crippen LogP contribution is 2.34. The average Bonchev–Trinajstić information content (AvgIpc) is 2.71. The van der Waals surface area contributed by atoms with Crippen molar-refractivity contribution in [2.45, 2.75) is 25.4 Å². The van der Waals surface area contributed by atoms with Crippen molar-refractivity contribution in [3.8, 4) is 0 Å². The number of likely N-dealkylation sites (tertiary alicyclic amines) is 1. The van der Waals surface area contributed by atoms with Crippen molar-refractivity contribution in [2.24, 2.45) is 5.92 Å². The summed E-state index contributed by atoms with van der Waals surface area (Å²) in [7, 11) is 0. The van der Waals surface area contributed by atoms with Gasteiger partial charge >= 0.3 is 0 Å².